The van der Waals surface area contributed by atoms with Crippen LogP contribution in [0.4, 0.5) is 0 Å². The molecule has 0 aromatic carbocycles. The van der Waals surface area contributed by atoms with E-state index in [1.807, 2.05) is 0 Å². The minimum atomic E-state index is -0.895. The van der Waals surface area contributed by atoms with Crippen LogP contribution >= 0.6 is 11.3 Å². The molecule has 0 saturated heterocycles. The van der Waals surface area contributed by atoms with E-state index in [0.717, 1.165) is 35.3 Å². The van der Waals surface area contributed by atoms with Gasteiger partial charge in [0, 0.05) is 5.92 Å². The number of carboxylic acid groups (broad SMARTS) is 1. The molecule has 3 rings (SSSR count). The lowest BCUT2D eigenvalue weighted by Crippen LogP contribution is -1.93. The van der Waals surface area contributed by atoms with E-state index in [0.29, 0.717) is 15.7 Å². The molecule has 1 N–H and O–H groups in total. The summed E-state index contributed by atoms with van der Waals surface area (Å²) in [6.45, 7) is 0. The van der Waals surface area contributed by atoms with E-state index in [9.17, 15) is 4.79 Å². The van der Waals surface area contributed by atoms with E-state index in [1.54, 1.807) is 6.07 Å². The largest absolute Gasteiger partial charge is 0.477 e. The second-order valence-electron chi connectivity index (χ2n) is 4.17. The highest BCUT2D eigenvalue weighted by atomic mass is 32.1. The smallest absolute Gasteiger partial charge is 0.346 e. The average molecular weight is 237 g/mol. The monoisotopic (exact) mass is 237 g/mol. The Labute approximate surface area is 95.9 Å². The highest BCUT2D eigenvalue weighted by molar-refractivity contribution is 7.20. The van der Waals surface area contributed by atoms with Gasteiger partial charge in [0.1, 0.15) is 4.88 Å². The number of thiophene rings is 1. The molecule has 4 nitrogen and oxygen atoms in total. The highest BCUT2D eigenvalue weighted by Gasteiger charge is 2.25. The van der Waals surface area contributed by atoms with Crippen molar-refractivity contribution < 1.29 is 14.4 Å². The molecule has 2 aromatic heterocycles. The van der Waals surface area contributed by atoms with Crippen LogP contribution in [0.3, 0.4) is 0 Å². The lowest BCUT2D eigenvalue weighted by molar-refractivity contribution is 0.0702. The number of aromatic carboxylic acids is 1. The Morgan fingerprint density at radius 3 is 2.94 bits per heavy atom. The molecule has 2 heterocycles. The van der Waals surface area contributed by atoms with E-state index in [-0.39, 0.29) is 0 Å². The topological polar surface area (TPSA) is 63.3 Å². The first-order valence-electron chi connectivity index (χ1n) is 5.38. The van der Waals surface area contributed by atoms with Gasteiger partial charge in [0.15, 0.2) is 0 Å². The summed E-state index contributed by atoms with van der Waals surface area (Å²) >= 11 is 1.16. The van der Waals surface area contributed by atoms with Crippen molar-refractivity contribution in [2.75, 3.05) is 0 Å². The number of hydrogen-bond acceptors (Lipinski definition) is 4. The Hall–Kier alpha value is -1.36. The van der Waals surface area contributed by atoms with Crippen molar-refractivity contribution in [3.8, 4) is 0 Å². The lowest BCUT2D eigenvalue weighted by atomic mass is 10.0. The molecular weight excluding hydrogens is 226 g/mol. The Balaban J connectivity index is 2.07. The average Bonchev–Trinajstić information content (AvgIpc) is 2.92. The number of nitrogens with zero attached hydrogens (tertiary/aromatic N) is 1. The molecule has 1 aliphatic carbocycles. The normalized spacial score (nSPS) is 17.2. The fraction of sp³-hybridized carbons (Fsp3) is 0.455. The third-order valence-electron chi connectivity index (χ3n) is 3.15. The predicted molar refractivity (Wildman–Crippen MR) is 60.1 cm³/mol. The van der Waals surface area contributed by atoms with E-state index < -0.39 is 5.97 Å². The van der Waals surface area contributed by atoms with E-state index in [4.69, 9.17) is 9.63 Å². The van der Waals surface area contributed by atoms with Gasteiger partial charge in [0.25, 0.3) is 0 Å². The van der Waals surface area contributed by atoms with Crippen molar-refractivity contribution in [3.05, 3.63) is 16.6 Å². The SMILES string of the molecule is O=C(O)c1cc2c(C3CCCC3)noc2s1. The van der Waals surface area contributed by atoms with Gasteiger partial charge in [-0.15, -0.1) is 0 Å². The Bertz CT molecular complexity index is 536. The molecular formula is C11H11NO3S. The summed E-state index contributed by atoms with van der Waals surface area (Å²) in [5.74, 6) is -0.439. The number of fused-ring (bicyclic) bond motifs is 1. The standard InChI is InChI=1S/C11H11NO3S/c13-10(14)8-5-7-9(6-3-1-2-4-6)12-15-11(7)16-8/h5-6H,1-4H2,(H,13,14). The first kappa shape index (κ1) is 9.84. The van der Waals surface area contributed by atoms with Crippen molar-refractivity contribution in [3.63, 3.8) is 0 Å². The molecule has 0 bridgehead atoms. The predicted octanol–water partition coefficient (Wildman–Crippen LogP) is 3.25. The van der Waals surface area contributed by atoms with E-state index in [1.165, 1.54) is 12.8 Å². The molecule has 1 fully saturated rings. The summed E-state index contributed by atoms with van der Waals surface area (Å²) in [5.41, 5.74) is 0.955. The zero-order valence-corrected chi connectivity index (χ0v) is 9.42. The summed E-state index contributed by atoms with van der Waals surface area (Å²) in [4.78, 5) is 11.8. The Morgan fingerprint density at radius 2 is 2.25 bits per heavy atom. The Morgan fingerprint density at radius 1 is 1.50 bits per heavy atom. The van der Waals surface area contributed by atoms with Gasteiger partial charge in [-0.05, 0) is 18.9 Å². The number of aromatic nitrogens is 1. The van der Waals surface area contributed by atoms with Gasteiger partial charge in [-0.25, -0.2) is 4.79 Å². The van der Waals surface area contributed by atoms with Crippen LogP contribution in [0.1, 0.15) is 47.0 Å². The second-order valence-corrected chi connectivity index (χ2v) is 5.18. The van der Waals surface area contributed by atoms with Gasteiger partial charge >= 0.3 is 5.97 Å². The summed E-state index contributed by atoms with van der Waals surface area (Å²) in [7, 11) is 0. The maximum Gasteiger partial charge on any atom is 0.346 e. The lowest BCUT2D eigenvalue weighted by Gasteiger charge is -2.02. The van der Waals surface area contributed by atoms with Gasteiger partial charge in [0.05, 0.1) is 11.1 Å². The number of carbonyl (C=O) groups is 1. The molecule has 0 radical (unpaired) electrons. The van der Waals surface area contributed by atoms with Crippen LogP contribution in [0.25, 0.3) is 10.3 Å². The molecule has 16 heavy (non-hydrogen) atoms. The van der Waals surface area contributed by atoms with Crippen LogP contribution in [-0.4, -0.2) is 16.2 Å². The summed E-state index contributed by atoms with van der Waals surface area (Å²) in [6.07, 6.45) is 4.74. The van der Waals surface area contributed by atoms with Crippen LogP contribution in [-0.2, 0) is 0 Å². The van der Waals surface area contributed by atoms with Crippen LogP contribution in [0.2, 0.25) is 0 Å². The minimum Gasteiger partial charge on any atom is -0.477 e. The highest BCUT2D eigenvalue weighted by Crippen LogP contribution is 2.39. The molecule has 84 valence electrons. The van der Waals surface area contributed by atoms with E-state index in [2.05, 4.69) is 5.16 Å². The molecule has 0 spiro atoms. The van der Waals surface area contributed by atoms with E-state index >= 15 is 0 Å². The van der Waals surface area contributed by atoms with Gasteiger partial charge in [-0.1, -0.05) is 29.3 Å². The molecule has 0 aliphatic heterocycles. The molecule has 1 saturated carbocycles. The van der Waals surface area contributed by atoms with Gasteiger partial charge in [0.2, 0.25) is 4.90 Å². The molecule has 0 amide bonds. The van der Waals surface area contributed by atoms with Crippen LogP contribution in [0, 0.1) is 0 Å². The fourth-order valence-electron chi connectivity index (χ4n) is 2.36. The van der Waals surface area contributed by atoms with Gasteiger partial charge in [-0.3, -0.25) is 0 Å². The minimum absolute atomic E-state index is 0.329. The summed E-state index contributed by atoms with van der Waals surface area (Å²) in [5, 5.41) is 13.9. The van der Waals surface area contributed by atoms with Crippen molar-refractivity contribution >= 4 is 27.6 Å². The molecule has 5 heteroatoms. The van der Waals surface area contributed by atoms with Crippen molar-refractivity contribution in [2.45, 2.75) is 31.6 Å². The third kappa shape index (κ3) is 1.43. The molecule has 0 atom stereocenters. The summed E-state index contributed by atoms with van der Waals surface area (Å²) in [6, 6.07) is 1.69. The quantitative estimate of drug-likeness (QED) is 0.870. The second kappa shape index (κ2) is 3.59. The van der Waals surface area contributed by atoms with Crippen LogP contribution < -0.4 is 0 Å². The zero-order valence-electron chi connectivity index (χ0n) is 8.60. The number of rotatable bonds is 2. The van der Waals surface area contributed by atoms with Gasteiger partial charge < -0.3 is 9.63 Å². The maximum atomic E-state index is 10.8. The summed E-state index contributed by atoms with van der Waals surface area (Å²) < 4.78 is 5.20. The first-order chi connectivity index (χ1) is 7.75. The zero-order chi connectivity index (χ0) is 11.1. The van der Waals surface area contributed by atoms with Crippen LogP contribution in [0.5, 0.6) is 0 Å². The molecule has 0 unspecified atom stereocenters. The molecule has 1 aliphatic rings. The Kier molecular flexibility index (Phi) is 2.21. The maximum absolute atomic E-state index is 10.8. The third-order valence-corrected chi connectivity index (χ3v) is 4.15. The number of carboxylic acids is 1. The fourth-order valence-corrected chi connectivity index (χ4v) is 3.17. The van der Waals surface area contributed by atoms with Crippen molar-refractivity contribution in [1.82, 2.24) is 5.16 Å². The molecule has 2 aromatic rings. The van der Waals surface area contributed by atoms with Crippen molar-refractivity contribution in [2.24, 2.45) is 0 Å². The number of hydrogen-bond donors (Lipinski definition) is 1. The van der Waals surface area contributed by atoms with Gasteiger partial charge in [-0.2, -0.15) is 0 Å². The first-order valence-corrected chi connectivity index (χ1v) is 6.20. The van der Waals surface area contributed by atoms with Crippen LogP contribution in [0.15, 0.2) is 10.6 Å². The van der Waals surface area contributed by atoms with Crippen molar-refractivity contribution in [1.29, 1.82) is 0 Å².